The molecule has 1 fully saturated rings. The van der Waals surface area contributed by atoms with Crippen LogP contribution in [0.4, 0.5) is 4.79 Å². The average molecular weight is 292 g/mol. The zero-order valence-corrected chi connectivity index (χ0v) is 11.3. The second-order valence-electron chi connectivity index (χ2n) is 4.72. The van der Waals surface area contributed by atoms with Gasteiger partial charge in [-0.3, -0.25) is 9.78 Å². The minimum absolute atomic E-state index is 0.0806. The van der Waals surface area contributed by atoms with E-state index in [1.807, 2.05) is 0 Å². The minimum atomic E-state index is -1.06. The predicted octanol–water partition coefficient (Wildman–Crippen LogP) is -0.142. The van der Waals surface area contributed by atoms with E-state index in [1.165, 1.54) is 18.3 Å². The molecule has 0 saturated heterocycles. The lowest BCUT2D eigenvalue weighted by Gasteiger charge is -2.08. The topological polar surface area (TPSA) is 120 Å². The van der Waals surface area contributed by atoms with Crippen LogP contribution in [0.25, 0.3) is 0 Å². The van der Waals surface area contributed by atoms with E-state index in [4.69, 9.17) is 5.11 Å². The third-order valence-electron chi connectivity index (χ3n) is 2.85. The van der Waals surface area contributed by atoms with E-state index in [9.17, 15) is 14.4 Å². The zero-order valence-electron chi connectivity index (χ0n) is 11.3. The van der Waals surface area contributed by atoms with Crippen molar-refractivity contribution in [3.05, 3.63) is 29.6 Å². The number of aromatic nitrogens is 1. The summed E-state index contributed by atoms with van der Waals surface area (Å²) in [5.41, 5.74) is 0.526. The molecule has 0 aromatic carbocycles. The standard InChI is InChI=1S/C13H16N4O4/c18-11(17-9-1-2-9)7-16-13(21)15-6-10-5-8(12(19)20)3-4-14-10/h3-5,9H,1-2,6-7H2,(H,17,18)(H,19,20)(H2,15,16,21). The molecule has 0 radical (unpaired) electrons. The van der Waals surface area contributed by atoms with Crippen LogP contribution in [0.1, 0.15) is 28.9 Å². The van der Waals surface area contributed by atoms with Gasteiger partial charge in [0.1, 0.15) is 0 Å². The van der Waals surface area contributed by atoms with E-state index < -0.39 is 12.0 Å². The first-order chi connectivity index (χ1) is 10.0. The predicted molar refractivity (Wildman–Crippen MR) is 72.6 cm³/mol. The Balaban J connectivity index is 1.71. The van der Waals surface area contributed by atoms with Crippen molar-refractivity contribution in [3.8, 4) is 0 Å². The SMILES string of the molecule is O=C(CNC(=O)NCc1cc(C(=O)O)ccn1)NC1CC1. The first-order valence-electron chi connectivity index (χ1n) is 6.54. The highest BCUT2D eigenvalue weighted by Crippen LogP contribution is 2.18. The van der Waals surface area contributed by atoms with Crippen molar-refractivity contribution in [3.63, 3.8) is 0 Å². The van der Waals surface area contributed by atoms with E-state index in [-0.39, 0.29) is 30.6 Å². The first kappa shape index (κ1) is 14.8. The van der Waals surface area contributed by atoms with Gasteiger partial charge in [0.05, 0.1) is 24.3 Å². The van der Waals surface area contributed by atoms with E-state index in [2.05, 4.69) is 20.9 Å². The average Bonchev–Trinajstić information content (AvgIpc) is 3.27. The van der Waals surface area contributed by atoms with Crippen molar-refractivity contribution in [2.75, 3.05) is 6.54 Å². The molecule has 3 amide bonds. The normalized spacial score (nSPS) is 13.3. The van der Waals surface area contributed by atoms with Crippen LogP contribution in [0.5, 0.6) is 0 Å². The maximum atomic E-state index is 11.5. The van der Waals surface area contributed by atoms with Crippen LogP contribution in [0.2, 0.25) is 0 Å². The zero-order chi connectivity index (χ0) is 15.2. The molecule has 1 aromatic rings. The monoisotopic (exact) mass is 292 g/mol. The lowest BCUT2D eigenvalue weighted by atomic mass is 10.2. The molecule has 21 heavy (non-hydrogen) atoms. The largest absolute Gasteiger partial charge is 0.478 e. The number of aromatic carboxylic acids is 1. The molecular formula is C13H16N4O4. The Morgan fingerprint density at radius 3 is 2.71 bits per heavy atom. The summed E-state index contributed by atoms with van der Waals surface area (Å²) in [5, 5.41) is 16.5. The van der Waals surface area contributed by atoms with Crippen molar-refractivity contribution < 1.29 is 19.5 Å². The molecule has 0 bridgehead atoms. The van der Waals surface area contributed by atoms with Crippen LogP contribution in [0.15, 0.2) is 18.3 Å². The number of urea groups is 1. The molecule has 112 valence electrons. The van der Waals surface area contributed by atoms with Gasteiger partial charge in [-0.2, -0.15) is 0 Å². The molecule has 1 aliphatic rings. The molecule has 1 aromatic heterocycles. The van der Waals surface area contributed by atoms with E-state index in [1.54, 1.807) is 0 Å². The summed E-state index contributed by atoms with van der Waals surface area (Å²) in [4.78, 5) is 37.6. The first-order valence-corrected chi connectivity index (χ1v) is 6.54. The Morgan fingerprint density at radius 2 is 2.05 bits per heavy atom. The van der Waals surface area contributed by atoms with Crippen LogP contribution in [-0.2, 0) is 11.3 Å². The number of carbonyl (C=O) groups excluding carboxylic acids is 2. The fourth-order valence-electron chi connectivity index (χ4n) is 1.61. The highest BCUT2D eigenvalue weighted by Gasteiger charge is 2.23. The number of carboxylic acid groups (broad SMARTS) is 1. The van der Waals surface area contributed by atoms with Gasteiger partial charge in [-0.05, 0) is 25.0 Å². The van der Waals surface area contributed by atoms with E-state index in [0.717, 1.165) is 12.8 Å². The molecule has 1 aliphatic carbocycles. The molecule has 0 spiro atoms. The molecular weight excluding hydrogens is 276 g/mol. The van der Waals surface area contributed by atoms with E-state index in [0.29, 0.717) is 5.69 Å². The van der Waals surface area contributed by atoms with Crippen LogP contribution >= 0.6 is 0 Å². The van der Waals surface area contributed by atoms with Gasteiger partial charge in [0.25, 0.3) is 0 Å². The van der Waals surface area contributed by atoms with Gasteiger partial charge in [-0.15, -0.1) is 0 Å². The second-order valence-corrected chi connectivity index (χ2v) is 4.72. The highest BCUT2D eigenvalue weighted by molar-refractivity contribution is 5.87. The van der Waals surface area contributed by atoms with Crippen molar-refractivity contribution in [1.82, 2.24) is 20.9 Å². The van der Waals surface area contributed by atoms with Gasteiger partial charge < -0.3 is 21.1 Å². The van der Waals surface area contributed by atoms with Gasteiger partial charge in [0, 0.05) is 12.2 Å². The number of carboxylic acids is 1. The van der Waals surface area contributed by atoms with Gasteiger partial charge >= 0.3 is 12.0 Å². The lowest BCUT2D eigenvalue weighted by Crippen LogP contribution is -2.42. The molecule has 0 atom stereocenters. The number of hydrogen-bond acceptors (Lipinski definition) is 4. The number of nitrogens with zero attached hydrogens (tertiary/aromatic N) is 1. The fraction of sp³-hybridized carbons (Fsp3) is 0.385. The summed E-state index contributed by atoms with van der Waals surface area (Å²) in [6, 6.07) is 2.49. The quantitative estimate of drug-likeness (QED) is 0.581. The molecule has 0 aliphatic heterocycles. The Hall–Kier alpha value is -2.64. The Morgan fingerprint density at radius 1 is 1.29 bits per heavy atom. The number of pyridine rings is 1. The van der Waals surface area contributed by atoms with Crippen molar-refractivity contribution in [1.29, 1.82) is 0 Å². The van der Waals surface area contributed by atoms with Crippen LogP contribution in [0, 0.1) is 0 Å². The summed E-state index contributed by atoms with van der Waals surface area (Å²) in [6.07, 6.45) is 3.34. The molecule has 1 saturated carbocycles. The summed E-state index contributed by atoms with van der Waals surface area (Å²) >= 11 is 0. The smallest absolute Gasteiger partial charge is 0.335 e. The molecule has 8 heteroatoms. The number of carbonyl (C=O) groups is 3. The van der Waals surface area contributed by atoms with Gasteiger partial charge in [0.2, 0.25) is 5.91 Å². The summed E-state index contributed by atoms with van der Waals surface area (Å²) in [6.45, 7) is -0.0118. The van der Waals surface area contributed by atoms with Gasteiger partial charge in [-0.25, -0.2) is 9.59 Å². The maximum Gasteiger partial charge on any atom is 0.335 e. The molecule has 0 unspecified atom stereocenters. The van der Waals surface area contributed by atoms with Crippen molar-refractivity contribution in [2.24, 2.45) is 0 Å². The van der Waals surface area contributed by atoms with Crippen molar-refractivity contribution in [2.45, 2.75) is 25.4 Å². The Kier molecular flexibility index (Phi) is 4.70. The number of amides is 3. The van der Waals surface area contributed by atoms with Crippen molar-refractivity contribution >= 4 is 17.9 Å². The fourth-order valence-corrected chi connectivity index (χ4v) is 1.61. The van der Waals surface area contributed by atoms with Crippen LogP contribution < -0.4 is 16.0 Å². The molecule has 2 rings (SSSR count). The Bertz CT molecular complexity index is 557. The van der Waals surface area contributed by atoms with E-state index >= 15 is 0 Å². The molecule has 8 nitrogen and oxygen atoms in total. The maximum absolute atomic E-state index is 11.5. The second kappa shape index (κ2) is 6.69. The molecule has 4 N–H and O–H groups in total. The van der Waals surface area contributed by atoms with Crippen LogP contribution in [-0.4, -0.2) is 40.6 Å². The van der Waals surface area contributed by atoms with Crippen LogP contribution in [0.3, 0.4) is 0 Å². The number of rotatable bonds is 6. The highest BCUT2D eigenvalue weighted by atomic mass is 16.4. The minimum Gasteiger partial charge on any atom is -0.478 e. The molecule has 1 heterocycles. The third kappa shape index (κ3) is 5.09. The summed E-state index contributed by atoms with van der Waals surface area (Å²) in [7, 11) is 0. The lowest BCUT2D eigenvalue weighted by molar-refractivity contribution is -0.120. The summed E-state index contributed by atoms with van der Waals surface area (Å²) in [5.74, 6) is -1.28. The van der Waals surface area contributed by atoms with Gasteiger partial charge in [-0.1, -0.05) is 0 Å². The third-order valence-corrected chi connectivity index (χ3v) is 2.85. The Labute approximate surface area is 120 Å². The van der Waals surface area contributed by atoms with Gasteiger partial charge in [0.15, 0.2) is 0 Å². The number of nitrogens with one attached hydrogen (secondary N) is 3. The summed E-state index contributed by atoms with van der Waals surface area (Å²) < 4.78 is 0. The number of hydrogen-bond donors (Lipinski definition) is 4.